The molecule has 7 heteroatoms. The number of aliphatic hydroxyl groups is 2. The summed E-state index contributed by atoms with van der Waals surface area (Å²) in [6.45, 7) is 4.87. The van der Waals surface area contributed by atoms with Crippen molar-refractivity contribution in [3.63, 3.8) is 0 Å². The van der Waals surface area contributed by atoms with Gasteiger partial charge in [-0.2, -0.15) is 13.2 Å². The number of ketones is 1. The van der Waals surface area contributed by atoms with Crippen molar-refractivity contribution in [1.82, 2.24) is 0 Å². The minimum Gasteiger partial charge on any atom is -0.390 e. The molecule has 0 spiro atoms. The summed E-state index contributed by atoms with van der Waals surface area (Å²) in [6.07, 6.45) is -4.96. The van der Waals surface area contributed by atoms with Gasteiger partial charge >= 0.3 is 6.18 Å². The van der Waals surface area contributed by atoms with E-state index >= 15 is 4.39 Å². The fourth-order valence-electron chi connectivity index (χ4n) is 7.40. The Bertz CT molecular complexity index is 748. The normalized spacial score (nSPS) is 53.9. The molecule has 0 aromatic heterocycles. The smallest absolute Gasteiger partial charge is 0.390 e. The topological polar surface area (TPSA) is 57.5 Å². The van der Waals surface area contributed by atoms with E-state index in [4.69, 9.17) is 0 Å². The molecule has 4 aliphatic rings. The number of carbonyl (C=O) groups is 1. The van der Waals surface area contributed by atoms with E-state index in [9.17, 15) is 28.2 Å². The van der Waals surface area contributed by atoms with Crippen molar-refractivity contribution in [1.29, 1.82) is 0 Å². The van der Waals surface area contributed by atoms with Crippen LogP contribution < -0.4 is 0 Å². The standard InChI is InChI=1S/C21H28F4O3/c1-11-8-12-9-13(26)4-6-17(12,2)20(22)15(27)10-18(3)14(16(11)20)5-7-19(18,28)21(23,24)25/h9,11,14-16,27-28H,4-8,10H2,1-3H3/t11?,14?,15-,16?,17+,18+,19+,20+/m1/s1. The van der Waals surface area contributed by atoms with Crippen LogP contribution in [0.25, 0.3) is 0 Å². The second-order valence-corrected chi connectivity index (χ2v) is 10.1. The van der Waals surface area contributed by atoms with E-state index in [0.29, 0.717) is 12.0 Å². The molecule has 0 aliphatic heterocycles. The van der Waals surface area contributed by atoms with Crippen molar-refractivity contribution in [3.05, 3.63) is 11.6 Å². The van der Waals surface area contributed by atoms with Gasteiger partial charge in [0.1, 0.15) is 5.67 Å². The van der Waals surface area contributed by atoms with E-state index in [1.165, 1.54) is 13.0 Å². The van der Waals surface area contributed by atoms with Gasteiger partial charge < -0.3 is 10.2 Å². The summed E-state index contributed by atoms with van der Waals surface area (Å²) in [5.74, 6) is -1.87. The molecule has 158 valence electrons. The molecule has 3 nitrogen and oxygen atoms in total. The molecule has 4 aliphatic carbocycles. The van der Waals surface area contributed by atoms with Crippen LogP contribution in [0.4, 0.5) is 17.6 Å². The summed E-state index contributed by atoms with van der Waals surface area (Å²) >= 11 is 0. The summed E-state index contributed by atoms with van der Waals surface area (Å²) in [6, 6.07) is 0. The Hall–Kier alpha value is -0.950. The largest absolute Gasteiger partial charge is 0.417 e. The second kappa shape index (κ2) is 5.60. The first-order valence-corrected chi connectivity index (χ1v) is 10.1. The number of fused-ring (bicyclic) bond motifs is 5. The van der Waals surface area contributed by atoms with Gasteiger partial charge in [-0.05, 0) is 50.0 Å². The molecule has 0 heterocycles. The highest BCUT2D eigenvalue weighted by atomic mass is 19.4. The lowest BCUT2D eigenvalue weighted by molar-refractivity contribution is -0.319. The molecule has 0 aromatic carbocycles. The molecular weight excluding hydrogens is 376 g/mol. The van der Waals surface area contributed by atoms with Crippen LogP contribution in [-0.2, 0) is 4.79 Å². The summed E-state index contributed by atoms with van der Waals surface area (Å²) in [4.78, 5) is 11.9. The van der Waals surface area contributed by atoms with Crippen LogP contribution in [0.1, 0.15) is 59.3 Å². The molecule has 0 bridgehead atoms. The first-order valence-electron chi connectivity index (χ1n) is 10.1. The fourth-order valence-corrected chi connectivity index (χ4v) is 7.40. The molecule has 3 saturated carbocycles. The minimum atomic E-state index is -4.84. The van der Waals surface area contributed by atoms with Crippen LogP contribution in [0.2, 0.25) is 0 Å². The molecule has 0 aromatic rings. The van der Waals surface area contributed by atoms with E-state index in [0.717, 1.165) is 0 Å². The van der Waals surface area contributed by atoms with E-state index in [2.05, 4.69) is 0 Å². The lowest BCUT2D eigenvalue weighted by atomic mass is 9.42. The number of hydrogen-bond acceptors (Lipinski definition) is 3. The van der Waals surface area contributed by atoms with Gasteiger partial charge in [-0.1, -0.05) is 26.3 Å². The van der Waals surface area contributed by atoms with Crippen molar-refractivity contribution < 1.29 is 32.6 Å². The molecule has 3 fully saturated rings. The molecule has 0 radical (unpaired) electrons. The molecule has 0 saturated heterocycles. The molecule has 3 unspecified atom stereocenters. The zero-order valence-electron chi connectivity index (χ0n) is 16.4. The van der Waals surface area contributed by atoms with Crippen molar-refractivity contribution in [2.24, 2.45) is 28.6 Å². The quantitative estimate of drug-likeness (QED) is 0.597. The number of alkyl halides is 4. The first kappa shape index (κ1) is 20.3. The van der Waals surface area contributed by atoms with Gasteiger partial charge in [-0.15, -0.1) is 0 Å². The summed E-state index contributed by atoms with van der Waals surface area (Å²) in [5.41, 5.74) is -7.08. The first-order chi connectivity index (χ1) is 12.7. The molecular formula is C21H28F4O3. The van der Waals surface area contributed by atoms with E-state index in [-0.39, 0.29) is 31.0 Å². The van der Waals surface area contributed by atoms with Crippen molar-refractivity contribution in [2.45, 2.75) is 82.8 Å². The summed E-state index contributed by atoms with van der Waals surface area (Å²) < 4.78 is 58.4. The lowest BCUT2D eigenvalue weighted by Crippen LogP contribution is -2.71. The van der Waals surface area contributed by atoms with Crippen molar-refractivity contribution >= 4 is 5.78 Å². The summed E-state index contributed by atoms with van der Waals surface area (Å²) in [5, 5.41) is 21.7. The maximum atomic E-state index is 16.9. The zero-order valence-corrected chi connectivity index (χ0v) is 16.4. The maximum absolute atomic E-state index is 16.9. The van der Waals surface area contributed by atoms with Crippen LogP contribution >= 0.6 is 0 Å². The van der Waals surface area contributed by atoms with E-state index < -0.39 is 59.1 Å². The van der Waals surface area contributed by atoms with Gasteiger partial charge in [0, 0.05) is 23.2 Å². The fraction of sp³-hybridized carbons (Fsp3) is 0.857. The Labute approximate surface area is 162 Å². The van der Waals surface area contributed by atoms with Gasteiger partial charge in [-0.25, -0.2) is 4.39 Å². The number of hydrogen-bond donors (Lipinski definition) is 2. The third-order valence-corrected chi connectivity index (χ3v) is 8.99. The Morgan fingerprint density at radius 2 is 1.86 bits per heavy atom. The van der Waals surface area contributed by atoms with Crippen LogP contribution in [0.15, 0.2) is 11.6 Å². The third-order valence-electron chi connectivity index (χ3n) is 8.99. The van der Waals surface area contributed by atoms with Crippen LogP contribution in [-0.4, -0.2) is 39.5 Å². The van der Waals surface area contributed by atoms with Gasteiger partial charge in [0.2, 0.25) is 0 Å². The maximum Gasteiger partial charge on any atom is 0.417 e. The van der Waals surface area contributed by atoms with Gasteiger partial charge in [0.15, 0.2) is 11.4 Å². The molecule has 4 rings (SSSR count). The third kappa shape index (κ3) is 2.10. The predicted octanol–water partition coefficient (Wildman–Crippen LogP) is 4.12. The average Bonchev–Trinajstić information content (AvgIpc) is 2.83. The highest BCUT2D eigenvalue weighted by Crippen LogP contribution is 2.72. The van der Waals surface area contributed by atoms with Crippen LogP contribution in [0.5, 0.6) is 0 Å². The van der Waals surface area contributed by atoms with Gasteiger partial charge in [0.25, 0.3) is 0 Å². The Kier molecular flexibility index (Phi) is 4.06. The van der Waals surface area contributed by atoms with Crippen LogP contribution in [0.3, 0.4) is 0 Å². The van der Waals surface area contributed by atoms with Crippen molar-refractivity contribution in [2.75, 3.05) is 0 Å². The number of halogens is 4. The zero-order chi connectivity index (χ0) is 20.9. The van der Waals surface area contributed by atoms with Gasteiger partial charge in [0.05, 0.1) is 6.10 Å². The molecule has 8 atom stereocenters. The highest BCUT2D eigenvalue weighted by Gasteiger charge is 2.78. The van der Waals surface area contributed by atoms with Crippen molar-refractivity contribution in [3.8, 4) is 0 Å². The Morgan fingerprint density at radius 3 is 2.46 bits per heavy atom. The average molecular weight is 404 g/mol. The number of carbonyl (C=O) groups excluding carboxylic acids is 1. The Balaban J connectivity index is 1.86. The number of rotatable bonds is 0. The lowest BCUT2D eigenvalue weighted by Gasteiger charge is -2.65. The summed E-state index contributed by atoms with van der Waals surface area (Å²) in [7, 11) is 0. The second-order valence-electron chi connectivity index (χ2n) is 10.1. The SMILES string of the molecule is CC1CC2=CC(=O)CC[C@]2(C)[C@@]2(F)C1C1CC[C@@](O)(C(F)(F)F)[C@@]1(C)C[C@H]2O. The molecule has 28 heavy (non-hydrogen) atoms. The number of aliphatic hydroxyl groups excluding tert-OH is 1. The van der Waals surface area contributed by atoms with Crippen LogP contribution in [0, 0.1) is 28.6 Å². The molecule has 0 amide bonds. The molecule has 2 N–H and O–H groups in total. The number of allylic oxidation sites excluding steroid dienone is 1. The predicted molar refractivity (Wildman–Crippen MR) is 94.0 cm³/mol. The van der Waals surface area contributed by atoms with E-state index in [1.54, 1.807) is 13.8 Å². The minimum absolute atomic E-state index is 0.0656. The monoisotopic (exact) mass is 404 g/mol. The highest BCUT2D eigenvalue weighted by molar-refractivity contribution is 5.91. The van der Waals surface area contributed by atoms with Gasteiger partial charge in [-0.3, -0.25) is 4.79 Å². The van der Waals surface area contributed by atoms with E-state index in [1.807, 2.05) is 0 Å². The Morgan fingerprint density at radius 1 is 1.21 bits per heavy atom.